The van der Waals surface area contributed by atoms with Crippen LogP contribution in [-0.4, -0.2) is 72.4 Å². The predicted octanol–water partition coefficient (Wildman–Crippen LogP) is 0.290. The minimum absolute atomic E-state index is 0.240. The van der Waals surface area contributed by atoms with Crippen molar-refractivity contribution in [2.45, 2.75) is 38.5 Å². The minimum Gasteiger partial charge on any atom is -0.507 e. The van der Waals surface area contributed by atoms with Crippen molar-refractivity contribution in [3.8, 4) is 16.9 Å². The van der Waals surface area contributed by atoms with Gasteiger partial charge in [-0.3, -0.25) is 9.63 Å². The summed E-state index contributed by atoms with van der Waals surface area (Å²) in [4.78, 5) is 28.1. The number of likely N-dealkylation sites (N-methyl/N-ethyl adjacent to an activating group) is 1. The number of hydrogen-bond acceptors (Lipinski definition) is 7. The molecule has 0 spiro atoms. The maximum absolute atomic E-state index is 11.3. The van der Waals surface area contributed by atoms with E-state index in [0.717, 1.165) is 29.8 Å². The number of pyridine rings is 1. The molecule has 2 aromatic rings. The molecule has 0 bridgehead atoms. The fraction of sp³-hybridized carbons (Fsp3) is 0.435. The van der Waals surface area contributed by atoms with Gasteiger partial charge in [0.2, 0.25) is 11.9 Å². The topological polar surface area (TPSA) is 123 Å². The van der Waals surface area contributed by atoms with Crippen molar-refractivity contribution >= 4 is 12.2 Å². The van der Waals surface area contributed by atoms with E-state index in [4.69, 9.17) is 9.94 Å². The fourth-order valence-corrected chi connectivity index (χ4v) is 2.96. The zero-order valence-corrected chi connectivity index (χ0v) is 19.1. The Hall–Kier alpha value is -3.01. The Bertz CT molecular complexity index is 861. The fourth-order valence-electron chi connectivity index (χ4n) is 2.96. The number of amides is 1. The SMILES string of the molecule is CCCN(C)C(=O)C(O)C[C@@H](O)C=O.CNCc1ccc(-c2ccccc2O)c[n+]1OC. The van der Waals surface area contributed by atoms with Crippen LogP contribution in [0.3, 0.4) is 0 Å². The molecular weight excluding hydrogens is 414 g/mol. The van der Waals surface area contributed by atoms with E-state index in [9.17, 15) is 19.8 Å². The highest BCUT2D eigenvalue weighted by Gasteiger charge is 2.21. The molecule has 0 saturated carbocycles. The number of aliphatic hydroxyl groups is 2. The van der Waals surface area contributed by atoms with Crippen LogP contribution in [0.4, 0.5) is 0 Å². The molecule has 0 aliphatic heterocycles. The molecule has 4 N–H and O–H groups in total. The summed E-state index contributed by atoms with van der Waals surface area (Å²) in [6.45, 7) is 3.18. The Morgan fingerprint density at radius 2 is 1.94 bits per heavy atom. The van der Waals surface area contributed by atoms with Gasteiger partial charge in [0.1, 0.15) is 31.4 Å². The number of para-hydroxylation sites is 1. The van der Waals surface area contributed by atoms with Crippen LogP contribution in [0.5, 0.6) is 5.75 Å². The number of hydrogen-bond donors (Lipinski definition) is 4. The van der Waals surface area contributed by atoms with Gasteiger partial charge in [0.15, 0.2) is 0 Å². The van der Waals surface area contributed by atoms with E-state index in [1.165, 1.54) is 4.90 Å². The van der Waals surface area contributed by atoms with Crippen LogP contribution in [-0.2, 0) is 16.1 Å². The molecular formula is C23H34N3O6+. The number of aliphatic hydroxyl groups excluding tert-OH is 2. The zero-order chi connectivity index (χ0) is 24.1. The van der Waals surface area contributed by atoms with E-state index in [1.54, 1.807) is 31.0 Å². The number of nitrogens with one attached hydrogen (secondary N) is 1. The molecule has 0 aliphatic rings. The van der Waals surface area contributed by atoms with Gasteiger partial charge in [0, 0.05) is 36.4 Å². The van der Waals surface area contributed by atoms with Crippen molar-refractivity contribution < 1.29 is 34.5 Å². The summed E-state index contributed by atoms with van der Waals surface area (Å²) in [5, 5.41) is 31.1. The van der Waals surface area contributed by atoms with E-state index in [-0.39, 0.29) is 12.2 Å². The summed E-state index contributed by atoms with van der Waals surface area (Å²) in [7, 11) is 5.08. The number of carbonyl (C=O) groups excluding carboxylic acids is 2. The number of rotatable bonds is 10. The number of phenolic OH excluding ortho intramolecular Hbond substituents is 1. The molecule has 9 heteroatoms. The van der Waals surface area contributed by atoms with Gasteiger partial charge in [-0.25, -0.2) is 0 Å². The summed E-state index contributed by atoms with van der Waals surface area (Å²) in [5.74, 6) is -0.200. The number of aromatic hydroxyl groups is 1. The van der Waals surface area contributed by atoms with E-state index in [2.05, 4.69) is 5.32 Å². The van der Waals surface area contributed by atoms with E-state index in [0.29, 0.717) is 12.8 Å². The average molecular weight is 449 g/mol. The average Bonchev–Trinajstić information content (AvgIpc) is 2.79. The van der Waals surface area contributed by atoms with Crippen LogP contribution in [0.2, 0.25) is 0 Å². The first-order valence-corrected chi connectivity index (χ1v) is 10.4. The quantitative estimate of drug-likeness (QED) is 0.304. The Labute approximate surface area is 188 Å². The van der Waals surface area contributed by atoms with Crippen molar-refractivity contribution in [3.05, 3.63) is 48.3 Å². The van der Waals surface area contributed by atoms with Crippen molar-refractivity contribution in [2.75, 3.05) is 27.7 Å². The Morgan fingerprint density at radius 3 is 2.50 bits per heavy atom. The molecule has 0 aliphatic carbocycles. The lowest BCUT2D eigenvalue weighted by atomic mass is 10.1. The number of carbonyl (C=O) groups is 2. The number of aromatic nitrogens is 1. The molecule has 1 heterocycles. The van der Waals surface area contributed by atoms with E-state index >= 15 is 0 Å². The lowest BCUT2D eigenvalue weighted by Crippen LogP contribution is -2.45. The maximum Gasteiger partial charge on any atom is 0.251 e. The van der Waals surface area contributed by atoms with Gasteiger partial charge >= 0.3 is 0 Å². The molecule has 32 heavy (non-hydrogen) atoms. The van der Waals surface area contributed by atoms with Crippen LogP contribution >= 0.6 is 0 Å². The van der Waals surface area contributed by atoms with Crippen molar-refractivity contribution in [1.29, 1.82) is 0 Å². The van der Waals surface area contributed by atoms with Gasteiger partial charge in [-0.05, 0) is 25.6 Å². The molecule has 2 rings (SSSR count). The summed E-state index contributed by atoms with van der Waals surface area (Å²) in [6, 6.07) is 11.2. The molecule has 0 radical (unpaired) electrons. The van der Waals surface area contributed by atoms with E-state index in [1.807, 2.05) is 44.4 Å². The summed E-state index contributed by atoms with van der Waals surface area (Å²) in [5.41, 5.74) is 2.72. The molecule has 1 amide bonds. The second kappa shape index (κ2) is 14.1. The molecule has 9 nitrogen and oxygen atoms in total. The molecule has 1 aromatic heterocycles. The van der Waals surface area contributed by atoms with Gasteiger partial charge in [-0.2, -0.15) is 0 Å². The van der Waals surface area contributed by atoms with Crippen molar-refractivity contribution in [2.24, 2.45) is 0 Å². The first kappa shape index (κ1) is 27.0. The van der Waals surface area contributed by atoms with Gasteiger partial charge in [0.05, 0.1) is 12.1 Å². The molecule has 176 valence electrons. The lowest BCUT2D eigenvalue weighted by Gasteiger charge is -2.20. The molecule has 0 saturated heterocycles. The first-order valence-electron chi connectivity index (χ1n) is 10.4. The van der Waals surface area contributed by atoms with E-state index < -0.39 is 18.1 Å². The van der Waals surface area contributed by atoms with Crippen LogP contribution in [0.25, 0.3) is 11.1 Å². The standard InChI is InChI=1S/C14H16N2O2.C9H17NO4/c1-15-9-12-8-7-11(10-16(12)18-2)13-5-3-4-6-14(13)17;1-3-4-10(2)9(14)8(13)5-7(12)6-11/h3-8,10,15H,9H2,1-2H3;6-8,12-13H,3-5H2,1-2H3/p+1/t;7-,8?/m.1/s1. The lowest BCUT2D eigenvalue weighted by molar-refractivity contribution is -0.890. The van der Waals surface area contributed by atoms with Crippen molar-refractivity contribution in [3.63, 3.8) is 0 Å². The first-order chi connectivity index (χ1) is 15.3. The van der Waals surface area contributed by atoms with Gasteiger partial charge in [-0.1, -0.05) is 25.1 Å². The monoisotopic (exact) mass is 448 g/mol. The largest absolute Gasteiger partial charge is 0.507 e. The van der Waals surface area contributed by atoms with Gasteiger partial charge in [-0.15, -0.1) is 0 Å². The summed E-state index contributed by atoms with van der Waals surface area (Å²) in [6.07, 6.45) is 0.148. The number of benzene rings is 1. The molecule has 1 aromatic carbocycles. The van der Waals surface area contributed by atoms with Crippen LogP contribution < -0.4 is 14.9 Å². The third kappa shape index (κ3) is 8.26. The predicted molar refractivity (Wildman–Crippen MR) is 120 cm³/mol. The zero-order valence-electron chi connectivity index (χ0n) is 19.1. The Kier molecular flexibility index (Phi) is 11.9. The van der Waals surface area contributed by atoms with Crippen LogP contribution in [0.15, 0.2) is 42.6 Å². The minimum atomic E-state index is -1.30. The third-order valence-corrected chi connectivity index (χ3v) is 4.61. The van der Waals surface area contributed by atoms with Crippen LogP contribution in [0.1, 0.15) is 25.5 Å². The third-order valence-electron chi connectivity index (χ3n) is 4.61. The smallest absolute Gasteiger partial charge is 0.251 e. The van der Waals surface area contributed by atoms with Gasteiger partial charge < -0.3 is 30.3 Å². The summed E-state index contributed by atoms with van der Waals surface area (Å²) < 4.78 is 1.69. The second-order valence-corrected chi connectivity index (χ2v) is 7.18. The Balaban J connectivity index is 0.000000333. The molecule has 1 unspecified atom stereocenters. The normalized spacial score (nSPS) is 12.2. The van der Waals surface area contributed by atoms with Crippen LogP contribution in [0, 0.1) is 0 Å². The number of nitrogens with zero attached hydrogens (tertiary/aromatic N) is 2. The second-order valence-electron chi connectivity index (χ2n) is 7.18. The maximum atomic E-state index is 11.3. The summed E-state index contributed by atoms with van der Waals surface area (Å²) >= 11 is 0. The highest BCUT2D eigenvalue weighted by Crippen LogP contribution is 2.27. The Morgan fingerprint density at radius 1 is 1.25 bits per heavy atom. The number of phenols is 1. The molecule has 2 atom stereocenters. The van der Waals surface area contributed by atoms with Crippen molar-refractivity contribution in [1.82, 2.24) is 10.2 Å². The van der Waals surface area contributed by atoms with Gasteiger partial charge in [0.25, 0.3) is 5.91 Å². The highest BCUT2D eigenvalue weighted by atomic mass is 16.6. The number of aldehydes is 1. The highest BCUT2D eigenvalue weighted by molar-refractivity contribution is 5.80. The molecule has 0 fully saturated rings.